The van der Waals surface area contributed by atoms with Crippen LogP contribution in [0.4, 0.5) is 0 Å². The van der Waals surface area contributed by atoms with E-state index in [0.29, 0.717) is 12.4 Å². The van der Waals surface area contributed by atoms with Gasteiger partial charge in [-0.2, -0.15) is 11.8 Å². The van der Waals surface area contributed by atoms with Gasteiger partial charge in [0.05, 0.1) is 12.7 Å². The lowest BCUT2D eigenvalue weighted by Gasteiger charge is -2.17. The summed E-state index contributed by atoms with van der Waals surface area (Å²) in [4.78, 5) is 17.6. The van der Waals surface area contributed by atoms with Gasteiger partial charge in [0, 0.05) is 12.4 Å². The Morgan fingerprint density at radius 2 is 1.21 bits per heavy atom. The number of hydrogen-bond donors (Lipinski definition) is 2. The van der Waals surface area contributed by atoms with E-state index in [2.05, 4.69) is 11.4 Å². The van der Waals surface area contributed by atoms with E-state index in [1.165, 1.54) is 96.3 Å². The summed E-state index contributed by atoms with van der Waals surface area (Å²) >= 11 is 1.78. The first kappa shape index (κ1) is 29.4. The number of thioether (sulfide) groups is 1. The molecule has 1 atom stereocenters. The Labute approximate surface area is 184 Å². The molecule has 5 nitrogen and oxygen atoms in total. The van der Waals surface area contributed by atoms with E-state index in [1.54, 1.807) is 11.8 Å². The normalized spacial score (nSPS) is 13.1. The molecule has 0 saturated heterocycles. The molecule has 0 aromatic heterocycles. The number of phosphoric acid groups is 1. The molecule has 0 aromatic carbocycles. The van der Waals surface area contributed by atoms with Crippen LogP contribution in [0.5, 0.6) is 0 Å². The smallest absolute Gasteiger partial charge is 0.375 e. The SMILES string of the molecule is CCCCCCCCCCCCCCCCCSCC(COP(=O)(O)O)OCC. The van der Waals surface area contributed by atoms with Gasteiger partial charge >= 0.3 is 7.82 Å². The highest BCUT2D eigenvalue weighted by molar-refractivity contribution is 7.99. The lowest BCUT2D eigenvalue weighted by atomic mass is 10.0. The summed E-state index contributed by atoms with van der Waals surface area (Å²) in [5.41, 5.74) is 0. The second-order valence-corrected chi connectivity index (χ2v) is 10.3. The minimum atomic E-state index is -4.41. The second-order valence-electron chi connectivity index (χ2n) is 7.89. The summed E-state index contributed by atoms with van der Waals surface area (Å²) < 4.78 is 20.8. The van der Waals surface area contributed by atoms with E-state index in [1.807, 2.05) is 6.92 Å². The fourth-order valence-electron chi connectivity index (χ4n) is 3.35. The topological polar surface area (TPSA) is 76.0 Å². The van der Waals surface area contributed by atoms with Gasteiger partial charge < -0.3 is 14.5 Å². The van der Waals surface area contributed by atoms with E-state index in [4.69, 9.17) is 14.5 Å². The standard InChI is InChI=1S/C22H47O5PS/c1-3-5-6-7-8-9-10-11-12-13-14-15-16-17-18-19-29-21-22(26-4-2)20-27-28(23,24)25/h22H,3-21H2,1-2H3,(H2,23,24,25). The molecule has 176 valence electrons. The van der Waals surface area contributed by atoms with E-state index in [0.717, 1.165) is 5.75 Å². The Hall–Kier alpha value is 0.420. The first-order valence-electron chi connectivity index (χ1n) is 11.9. The van der Waals surface area contributed by atoms with Crippen molar-refractivity contribution in [3.8, 4) is 0 Å². The van der Waals surface area contributed by atoms with Crippen LogP contribution in [0.25, 0.3) is 0 Å². The van der Waals surface area contributed by atoms with Gasteiger partial charge in [-0.25, -0.2) is 4.57 Å². The van der Waals surface area contributed by atoms with Crippen molar-refractivity contribution in [3.63, 3.8) is 0 Å². The molecular weight excluding hydrogens is 407 g/mol. The van der Waals surface area contributed by atoms with Gasteiger partial charge in [-0.3, -0.25) is 4.52 Å². The Morgan fingerprint density at radius 1 is 0.759 bits per heavy atom. The van der Waals surface area contributed by atoms with Crippen LogP contribution in [-0.2, 0) is 13.8 Å². The second kappa shape index (κ2) is 21.6. The number of rotatable bonds is 23. The predicted octanol–water partition coefficient (Wildman–Crippen LogP) is 7.11. The van der Waals surface area contributed by atoms with Crippen molar-refractivity contribution >= 4 is 19.6 Å². The monoisotopic (exact) mass is 454 g/mol. The molecule has 0 aliphatic heterocycles. The molecule has 0 heterocycles. The van der Waals surface area contributed by atoms with Gasteiger partial charge in [0.2, 0.25) is 0 Å². The van der Waals surface area contributed by atoms with Crippen molar-refractivity contribution in [2.75, 3.05) is 24.7 Å². The molecule has 0 bridgehead atoms. The Morgan fingerprint density at radius 3 is 1.62 bits per heavy atom. The van der Waals surface area contributed by atoms with Crippen molar-refractivity contribution in [2.45, 2.75) is 116 Å². The summed E-state index contributed by atoms with van der Waals surface area (Å²) in [7, 11) is -4.41. The molecule has 1 unspecified atom stereocenters. The molecule has 0 radical (unpaired) electrons. The van der Waals surface area contributed by atoms with Crippen LogP contribution in [0.1, 0.15) is 110 Å². The van der Waals surface area contributed by atoms with Crippen LogP contribution in [0.2, 0.25) is 0 Å². The maximum absolute atomic E-state index is 10.8. The van der Waals surface area contributed by atoms with Crippen molar-refractivity contribution in [1.82, 2.24) is 0 Å². The summed E-state index contributed by atoms with van der Waals surface area (Å²) in [6, 6.07) is 0. The average Bonchev–Trinajstić information content (AvgIpc) is 2.67. The first-order chi connectivity index (χ1) is 14.0. The molecule has 2 N–H and O–H groups in total. The van der Waals surface area contributed by atoms with Gasteiger partial charge in [-0.05, 0) is 19.1 Å². The molecule has 29 heavy (non-hydrogen) atoms. The van der Waals surface area contributed by atoms with Crippen molar-refractivity contribution in [3.05, 3.63) is 0 Å². The molecule has 0 aromatic rings. The van der Waals surface area contributed by atoms with E-state index in [-0.39, 0.29) is 12.7 Å². The highest BCUT2D eigenvalue weighted by Crippen LogP contribution is 2.36. The molecule has 0 fully saturated rings. The van der Waals surface area contributed by atoms with Crippen molar-refractivity contribution in [1.29, 1.82) is 0 Å². The zero-order valence-electron chi connectivity index (χ0n) is 19.0. The van der Waals surface area contributed by atoms with Crippen LogP contribution in [0.3, 0.4) is 0 Å². The predicted molar refractivity (Wildman–Crippen MR) is 126 cm³/mol. The fraction of sp³-hybridized carbons (Fsp3) is 1.00. The lowest BCUT2D eigenvalue weighted by Crippen LogP contribution is -2.22. The highest BCUT2D eigenvalue weighted by atomic mass is 32.2. The molecular formula is C22H47O5PS. The third kappa shape index (κ3) is 24.6. The Kier molecular flexibility index (Phi) is 22.0. The maximum atomic E-state index is 10.8. The fourth-order valence-corrected chi connectivity index (χ4v) is 4.74. The molecule has 0 aliphatic rings. The quantitative estimate of drug-likeness (QED) is 0.127. The number of unbranched alkanes of at least 4 members (excludes halogenated alkanes) is 14. The Bertz CT molecular complexity index is 378. The molecule has 7 heteroatoms. The largest absolute Gasteiger partial charge is 0.469 e. The van der Waals surface area contributed by atoms with Crippen LogP contribution in [0, 0.1) is 0 Å². The number of ether oxygens (including phenoxy) is 1. The molecule has 0 aliphatic carbocycles. The lowest BCUT2D eigenvalue weighted by molar-refractivity contribution is 0.0332. The van der Waals surface area contributed by atoms with Gasteiger partial charge in [-0.15, -0.1) is 0 Å². The third-order valence-corrected chi connectivity index (χ3v) is 6.70. The highest BCUT2D eigenvalue weighted by Gasteiger charge is 2.18. The minimum Gasteiger partial charge on any atom is -0.375 e. The molecule has 0 amide bonds. The zero-order valence-corrected chi connectivity index (χ0v) is 20.7. The van der Waals surface area contributed by atoms with Crippen molar-refractivity contribution < 1.29 is 23.6 Å². The number of phosphoric ester groups is 1. The van der Waals surface area contributed by atoms with Gasteiger partial charge in [-0.1, -0.05) is 96.8 Å². The van der Waals surface area contributed by atoms with Gasteiger partial charge in [0.25, 0.3) is 0 Å². The first-order valence-corrected chi connectivity index (χ1v) is 14.6. The number of hydrogen-bond acceptors (Lipinski definition) is 4. The van der Waals surface area contributed by atoms with Crippen LogP contribution in [0.15, 0.2) is 0 Å². The van der Waals surface area contributed by atoms with E-state index < -0.39 is 7.82 Å². The molecule has 0 rings (SSSR count). The molecule has 0 saturated carbocycles. The third-order valence-electron chi connectivity index (χ3n) is 5.03. The summed E-state index contributed by atoms with van der Waals surface area (Å²) in [6.07, 6.45) is 20.3. The Balaban J connectivity index is 3.32. The summed E-state index contributed by atoms with van der Waals surface area (Å²) in [5.74, 6) is 1.78. The molecule has 0 spiro atoms. The average molecular weight is 455 g/mol. The van der Waals surface area contributed by atoms with Crippen LogP contribution in [-0.4, -0.2) is 40.6 Å². The summed E-state index contributed by atoms with van der Waals surface area (Å²) in [6.45, 7) is 4.62. The van der Waals surface area contributed by atoms with Crippen LogP contribution < -0.4 is 0 Å². The van der Waals surface area contributed by atoms with Gasteiger partial charge in [0.15, 0.2) is 0 Å². The van der Waals surface area contributed by atoms with Crippen LogP contribution >= 0.6 is 19.6 Å². The zero-order chi connectivity index (χ0) is 21.6. The minimum absolute atomic E-state index is 0.0516. The van der Waals surface area contributed by atoms with Gasteiger partial charge in [0.1, 0.15) is 0 Å². The maximum Gasteiger partial charge on any atom is 0.469 e. The van der Waals surface area contributed by atoms with E-state index in [9.17, 15) is 4.57 Å². The van der Waals surface area contributed by atoms with Crippen molar-refractivity contribution in [2.24, 2.45) is 0 Å². The summed E-state index contributed by atoms with van der Waals surface area (Å²) in [5, 5.41) is 0. The van der Waals surface area contributed by atoms with E-state index >= 15 is 0 Å².